The molecule has 1 aliphatic rings. The van der Waals surface area contributed by atoms with E-state index in [2.05, 4.69) is 10.6 Å². The monoisotopic (exact) mass is 379 g/mol. The lowest BCUT2D eigenvalue weighted by Crippen LogP contribution is -2.33. The Hall–Kier alpha value is -0.960. The van der Waals surface area contributed by atoms with Crippen LogP contribution in [0.3, 0.4) is 0 Å². The van der Waals surface area contributed by atoms with Gasteiger partial charge >= 0.3 is 0 Å². The highest BCUT2D eigenvalue weighted by Crippen LogP contribution is 2.29. The SMILES string of the molecule is O=[N+]([O-])c1cc(I)c(F)cc1NCC1CCCNC1. The van der Waals surface area contributed by atoms with Crippen LogP contribution in [0.25, 0.3) is 0 Å². The minimum Gasteiger partial charge on any atom is -0.379 e. The van der Waals surface area contributed by atoms with Crippen LogP contribution in [-0.2, 0) is 0 Å². The van der Waals surface area contributed by atoms with Gasteiger partial charge in [0.25, 0.3) is 5.69 Å². The van der Waals surface area contributed by atoms with Crippen LogP contribution in [0.2, 0.25) is 0 Å². The van der Waals surface area contributed by atoms with Gasteiger partial charge in [-0.1, -0.05) is 0 Å². The zero-order valence-corrected chi connectivity index (χ0v) is 12.4. The van der Waals surface area contributed by atoms with E-state index in [0.717, 1.165) is 25.9 Å². The smallest absolute Gasteiger partial charge is 0.293 e. The summed E-state index contributed by atoms with van der Waals surface area (Å²) in [5.74, 6) is -0.00818. The van der Waals surface area contributed by atoms with E-state index < -0.39 is 10.7 Å². The van der Waals surface area contributed by atoms with Crippen molar-refractivity contribution in [3.63, 3.8) is 0 Å². The van der Waals surface area contributed by atoms with Crippen LogP contribution in [0.15, 0.2) is 12.1 Å². The van der Waals surface area contributed by atoms with E-state index in [1.165, 1.54) is 12.1 Å². The van der Waals surface area contributed by atoms with Gasteiger partial charge in [0.2, 0.25) is 0 Å². The number of nitrogens with zero attached hydrogens (tertiary/aromatic N) is 1. The summed E-state index contributed by atoms with van der Waals surface area (Å²) in [5, 5.41) is 17.3. The first-order chi connectivity index (χ1) is 9.08. The topological polar surface area (TPSA) is 67.2 Å². The number of benzene rings is 1. The molecular formula is C12H15FIN3O2. The first-order valence-corrected chi connectivity index (χ1v) is 7.24. The molecule has 0 saturated carbocycles. The lowest BCUT2D eigenvalue weighted by Gasteiger charge is -2.23. The van der Waals surface area contributed by atoms with E-state index in [4.69, 9.17) is 0 Å². The van der Waals surface area contributed by atoms with E-state index in [1.54, 1.807) is 22.6 Å². The second-order valence-electron chi connectivity index (χ2n) is 4.63. The molecule has 7 heteroatoms. The van der Waals surface area contributed by atoms with Gasteiger partial charge < -0.3 is 10.6 Å². The molecule has 2 N–H and O–H groups in total. The molecule has 0 aromatic heterocycles. The van der Waals surface area contributed by atoms with Crippen LogP contribution in [-0.4, -0.2) is 24.6 Å². The molecule has 2 rings (SSSR count). The maximum atomic E-state index is 13.5. The second-order valence-corrected chi connectivity index (χ2v) is 5.80. The summed E-state index contributed by atoms with van der Waals surface area (Å²) in [6, 6.07) is 2.47. The summed E-state index contributed by atoms with van der Waals surface area (Å²) in [5.41, 5.74) is 0.183. The Morgan fingerprint density at radius 3 is 3.00 bits per heavy atom. The van der Waals surface area contributed by atoms with E-state index in [0.29, 0.717) is 12.5 Å². The van der Waals surface area contributed by atoms with Gasteiger partial charge in [-0.2, -0.15) is 0 Å². The molecule has 1 aromatic carbocycles. The lowest BCUT2D eigenvalue weighted by atomic mass is 9.99. The number of nitro groups is 1. The zero-order chi connectivity index (χ0) is 13.8. The van der Waals surface area contributed by atoms with E-state index in [-0.39, 0.29) is 14.9 Å². The molecule has 0 amide bonds. The van der Waals surface area contributed by atoms with Gasteiger partial charge in [0, 0.05) is 18.7 Å². The molecule has 1 fully saturated rings. The average Bonchev–Trinajstić information content (AvgIpc) is 2.40. The predicted molar refractivity (Wildman–Crippen MR) is 79.9 cm³/mol. The number of hydrogen-bond acceptors (Lipinski definition) is 4. The third-order valence-corrected chi connectivity index (χ3v) is 4.04. The second kappa shape index (κ2) is 6.47. The molecule has 1 aromatic rings. The van der Waals surface area contributed by atoms with Crippen molar-refractivity contribution < 1.29 is 9.31 Å². The number of hydrogen-bond donors (Lipinski definition) is 2. The molecule has 1 saturated heterocycles. The highest BCUT2D eigenvalue weighted by molar-refractivity contribution is 14.1. The third-order valence-electron chi connectivity index (χ3n) is 3.22. The van der Waals surface area contributed by atoms with Crippen LogP contribution >= 0.6 is 22.6 Å². The lowest BCUT2D eigenvalue weighted by molar-refractivity contribution is -0.384. The Morgan fingerprint density at radius 1 is 1.58 bits per heavy atom. The molecule has 1 unspecified atom stereocenters. The molecule has 5 nitrogen and oxygen atoms in total. The maximum Gasteiger partial charge on any atom is 0.293 e. The summed E-state index contributed by atoms with van der Waals surface area (Å²) < 4.78 is 13.8. The van der Waals surface area contributed by atoms with Crippen LogP contribution < -0.4 is 10.6 Å². The van der Waals surface area contributed by atoms with Crippen molar-refractivity contribution in [1.82, 2.24) is 5.32 Å². The quantitative estimate of drug-likeness (QED) is 0.480. The van der Waals surface area contributed by atoms with Crippen LogP contribution in [0.4, 0.5) is 15.8 Å². The first-order valence-electron chi connectivity index (χ1n) is 6.16. The van der Waals surface area contributed by atoms with Crippen molar-refractivity contribution in [1.29, 1.82) is 0 Å². The average molecular weight is 379 g/mol. The Kier molecular flexibility index (Phi) is 4.92. The van der Waals surface area contributed by atoms with E-state index in [1.807, 2.05) is 0 Å². The van der Waals surface area contributed by atoms with Crippen molar-refractivity contribution >= 4 is 34.0 Å². The molecule has 0 aliphatic carbocycles. The minimum absolute atomic E-state index is 0.0745. The molecule has 0 bridgehead atoms. The first kappa shape index (κ1) is 14.4. The molecule has 19 heavy (non-hydrogen) atoms. The highest BCUT2D eigenvalue weighted by atomic mass is 127. The number of rotatable bonds is 4. The Balaban J connectivity index is 2.09. The maximum absolute atomic E-state index is 13.5. The summed E-state index contributed by atoms with van der Waals surface area (Å²) in [4.78, 5) is 10.5. The molecule has 0 radical (unpaired) electrons. The van der Waals surface area contributed by atoms with Gasteiger partial charge in [-0.25, -0.2) is 4.39 Å². The minimum atomic E-state index is -0.483. The standard InChI is InChI=1S/C12H15FIN3O2/c13-9-4-11(12(17(18)19)5-10(9)14)16-7-8-2-1-3-15-6-8/h4-5,8,15-16H,1-3,6-7H2. The summed E-state index contributed by atoms with van der Waals surface area (Å²) >= 11 is 1.75. The van der Waals surface area contributed by atoms with Crippen LogP contribution in [0.1, 0.15) is 12.8 Å². The Morgan fingerprint density at radius 2 is 2.37 bits per heavy atom. The normalized spacial score (nSPS) is 19.2. The number of nitrogens with one attached hydrogen (secondary N) is 2. The van der Waals surface area contributed by atoms with Gasteiger partial charge in [0.1, 0.15) is 11.5 Å². The summed E-state index contributed by atoms with van der Waals surface area (Å²) in [6.07, 6.45) is 2.19. The van der Waals surface area contributed by atoms with E-state index in [9.17, 15) is 14.5 Å². The van der Waals surface area contributed by atoms with Gasteiger partial charge in [-0.05, 0) is 54.4 Å². The Labute approximate surface area is 124 Å². The fourth-order valence-corrected chi connectivity index (χ4v) is 2.63. The van der Waals surface area contributed by atoms with Gasteiger partial charge in [0.05, 0.1) is 8.49 Å². The number of halogens is 2. The molecule has 1 aliphatic heterocycles. The van der Waals surface area contributed by atoms with E-state index >= 15 is 0 Å². The molecule has 1 atom stereocenters. The van der Waals surface area contributed by atoms with Crippen molar-refractivity contribution in [2.75, 3.05) is 25.0 Å². The summed E-state index contributed by atoms with van der Waals surface area (Å²) in [6.45, 7) is 2.54. The van der Waals surface area contributed by atoms with Crippen molar-refractivity contribution in [3.8, 4) is 0 Å². The Bertz CT molecular complexity index is 478. The predicted octanol–water partition coefficient (Wildman–Crippen LogP) is 2.75. The van der Waals surface area contributed by atoms with Gasteiger partial charge in [0.15, 0.2) is 0 Å². The number of piperidine rings is 1. The largest absolute Gasteiger partial charge is 0.379 e. The number of nitro benzene ring substituents is 1. The van der Waals surface area contributed by atoms with Crippen molar-refractivity contribution in [2.45, 2.75) is 12.8 Å². The van der Waals surface area contributed by atoms with Crippen molar-refractivity contribution in [2.24, 2.45) is 5.92 Å². The summed E-state index contributed by atoms with van der Waals surface area (Å²) in [7, 11) is 0. The molecule has 1 heterocycles. The van der Waals surface area contributed by atoms with Crippen LogP contribution in [0.5, 0.6) is 0 Å². The zero-order valence-electron chi connectivity index (χ0n) is 10.3. The third kappa shape index (κ3) is 3.75. The van der Waals surface area contributed by atoms with Gasteiger partial charge in [-0.3, -0.25) is 10.1 Å². The fraction of sp³-hybridized carbons (Fsp3) is 0.500. The van der Waals surface area contributed by atoms with Crippen LogP contribution in [0, 0.1) is 25.4 Å². The number of anilines is 1. The molecular weight excluding hydrogens is 364 g/mol. The van der Waals surface area contributed by atoms with Gasteiger partial charge in [-0.15, -0.1) is 0 Å². The molecule has 104 valence electrons. The fourth-order valence-electron chi connectivity index (χ4n) is 2.18. The highest BCUT2D eigenvalue weighted by Gasteiger charge is 2.19. The van der Waals surface area contributed by atoms with Crippen molar-refractivity contribution in [3.05, 3.63) is 31.6 Å². The molecule has 0 spiro atoms.